The molecule has 1 fully saturated rings. The Morgan fingerprint density at radius 2 is 1.34 bits per heavy atom. The van der Waals surface area contributed by atoms with E-state index in [9.17, 15) is 5.26 Å². The van der Waals surface area contributed by atoms with E-state index in [0.717, 1.165) is 6.42 Å². The van der Waals surface area contributed by atoms with Crippen LogP contribution in [0.5, 0.6) is 0 Å². The van der Waals surface area contributed by atoms with E-state index >= 15 is 0 Å². The van der Waals surface area contributed by atoms with E-state index in [1.807, 2.05) is 0 Å². The molecule has 0 amide bonds. The highest BCUT2D eigenvalue weighted by Crippen LogP contribution is 2.40. The minimum atomic E-state index is 0.276. The van der Waals surface area contributed by atoms with Crippen LogP contribution in [0.4, 0.5) is 0 Å². The molecule has 0 N–H and O–H groups in total. The van der Waals surface area contributed by atoms with Crippen molar-refractivity contribution in [2.45, 2.75) is 103 Å². The van der Waals surface area contributed by atoms with Crippen LogP contribution in [0, 0.1) is 23.2 Å². The van der Waals surface area contributed by atoms with Gasteiger partial charge in [0, 0.05) is 5.92 Å². The molecule has 1 heteroatoms. The van der Waals surface area contributed by atoms with E-state index in [1.54, 1.807) is 0 Å². The van der Waals surface area contributed by atoms with Gasteiger partial charge >= 0.3 is 0 Å². The smallest absolute Gasteiger partial charge is 0.0658 e. The maximum Gasteiger partial charge on any atom is 0.0658 e. The summed E-state index contributed by atoms with van der Waals surface area (Å²) >= 11 is 0. The van der Waals surface area contributed by atoms with E-state index in [0.29, 0.717) is 11.8 Å². The summed E-state index contributed by atoms with van der Waals surface area (Å²) in [4.78, 5) is 0. The van der Waals surface area contributed by atoms with Crippen molar-refractivity contribution in [3.8, 4) is 17.2 Å². The molecule has 1 aliphatic rings. The molecule has 1 saturated carbocycles. The number of nitrogens with zero attached hydrogens (tertiary/aromatic N) is 1. The average Bonchev–Trinajstić information content (AvgIpc) is 2.85. The highest BCUT2D eigenvalue weighted by Gasteiger charge is 2.27. The molecule has 2 aromatic rings. The van der Waals surface area contributed by atoms with E-state index < -0.39 is 0 Å². The molecule has 0 saturated heterocycles. The van der Waals surface area contributed by atoms with Crippen molar-refractivity contribution in [1.29, 1.82) is 5.26 Å². The standard InChI is InChI=1S/C31H43N/c1-3-5-7-8-9-10-25-12-14-26(15-13-25)27-16-18-28(19-17-27)29-20-22-30(23-21-29)31(24-32)11-6-4-2/h12-19,29-31H,3-11,20-23H2,1-2H3. The van der Waals surface area contributed by atoms with Gasteiger partial charge in [-0.05, 0) is 79.0 Å². The molecular formula is C31H43N. The molecule has 1 aliphatic carbocycles. The summed E-state index contributed by atoms with van der Waals surface area (Å²) in [6.07, 6.45) is 16.3. The van der Waals surface area contributed by atoms with Gasteiger partial charge in [-0.15, -0.1) is 0 Å². The van der Waals surface area contributed by atoms with Crippen molar-refractivity contribution in [2.75, 3.05) is 0 Å². The Kier molecular flexibility index (Phi) is 10.3. The molecule has 0 aliphatic heterocycles. The van der Waals surface area contributed by atoms with Crippen LogP contribution in [-0.2, 0) is 6.42 Å². The van der Waals surface area contributed by atoms with Gasteiger partial charge in [-0.2, -0.15) is 5.26 Å². The van der Waals surface area contributed by atoms with Crippen LogP contribution in [0.1, 0.15) is 108 Å². The first kappa shape index (κ1) is 24.6. The summed E-state index contributed by atoms with van der Waals surface area (Å²) in [6, 6.07) is 21.1. The fourth-order valence-electron chi connectivity index (χ4n) is 5.43. The molecule has 1 atom stereocenters. The minimum Gasteiger partial charge on any atom is -0.198 e. The van der Waals surface area contributed by atoms with Gasteiger partial charge in [-0.25, -0.2) is 0 Å². The fourth-order valence-corrected chi connectivity index (χ4v) is 5.43. The van der Waals surface area contributed by atoms with Gasteiger partial charge in [0.05, 0.1) is 6.07 Å². The Balaban J connectivity index is 1.49. The van der Waals surface area contributed by atoms with Crippen LogP contribution in [0.2, 0.25) is 0 Å². The van der Waals surface area contributed by atoms with Crippen molar-refractivity contribution in [2.24, 2.45) is 11.8 Å². The lowest BCUT2D eigenvalue weighted by molar-refractivity contribution is 0.257. The summed E-state index contributed by atoms with van der Waals surface area (Å²) in [6.45, 7) is 4.50. The number of unbranched alkanes of at least 4 members (excludes halogenated alkanes) is 5. The number of benzene rings is 2. The van der Waals surface area contributed by atoms with Crippen molar-refractivity contribution in [3.63, 3.8) is 0 Å². The van der Waals surface area contributed by atoms with Gasteiger partial charge in [-0.1, -0.05) is 101 Å². The van der Waals surface area contributed by atoms with E-state index in [1.165, 1.54) is 99.3 Å². The van der Waals surface area contributed by atoms with Gasteiger partial charge in [-0.3, -0.25) is 0 Å². The molecular weight excluding hydrogens is 386 g/mol. The number of hydrogen-bond donors (Lipinski definition) is 0. The second-order valence-electron chi connectivity index (χ2n) is 9.97. The maximum atomic E-state index is 9.57. The van der Waals surface area contributed by atoms with Crippen molar-refractivity contribution in [1.82, 2.24) is 0 Å². The number of aryl methyl sites for hydroxylation is 1. The Hall–Kier alpha value is -2.07. The zero-order valence-electron chi connectivity index (χ0n) is 20.5. The first-order valence-corrected chi connectivity index (χ1v) is 13.3. The lowest BCUT2D eigenvalue weighted by atomic mass is 9.73. The molecule has 3 rings (SSSR count). The first-order chi connectivity index (χ1) is 15.7. The SMILES string of the molecule is CCCCCCCc1ccc(-c2ccc(C3CCC(C(C#N)CCCC)CC3)cc2)cc1. The molecule has 1 nitrogen and oxygen atoms in total. The Labute approximate surface area is 197 Å². The Bertz CT molecular complexity index is 803. The second-order valence-corrected chi connectivity index (χ2v) is 9.97. The monoisotopic (exact) mass is 429 g/mol. The van der Waals surface area contributed by atoms with Gasteiger partial charge in [0.2, 0.25) is 0 Å². The zero-order valence-corrected chi connectivity index (χ0v) is 20.5. The van der Waals surface area contributed by atoms with Crippen molar-refractivity contribution < 1.29 is 0 Å². The third kappa shape index (κ3) is 7.23. The third-order valence-electron chi connectivity index (χ3n) is 7.61. The quantitative estimate of drug-likeness (QED) is 0.308. The Morgan fingerprint density at radius 1 is 0.750 bits per heavy atom. The van der Waals surface area contributed by atoms with Crippen LogP contribution < -0.4 is 0 Å². The largest absolute Gasteiger partial charge is 0.198 e. The van der Waals surface area contributed by atoms with E-state index in [-0.39, 0.29) is 5.92 Å². The number of hydrogen-bond acceptors (Lipinski definition) is 1. The molecule has 0 bridgehead atoms. The topological polar surface area (TPSA) is 23.8 Å². The highest BCUT2D eigenvalue weighted by molar-refractivity contribution is 5.64. The van der Waals surface area contributed by atoms with Gasteiger partial charge < -0.3 is 0 Å². The lowest BCUT2D eigenvalue weighted by Gasteiger charge is -2.31. The molecule has 172 valence electrons. The van der Waals surface area contributed by atoms with E-state index in [4.69, 9.17) is 0 Å². The summed E-state index contributed by atoms with van der Waals surface area (Å²) in [5, 5.41) is 9.57. The number of nitriles is 1. The molecule has 0 radical (unpaired) electrons. The van der Waals surface area contributed by atoms with E-state index in [2.05, 4.69) is 68.4 Å². The minimum absolute atomic E-state index is 0.276. The second kappa shape index (κ2) is 13.5. The lowest BCUT2D eigenvalue weighted by Crippen LogP contribution is -2.20. The molecule has 1 unspecified atom stereocenters. The predicted molar refractivity (Wildman–Crippen MR) is 138 cm³/mol. The summed E-state index contributed by atoms with van der Waals surface area (Å²) in [5.74, 6) is 1.56. The van der Waals surface area contributed by atoms with Gasteiger partial charge in [0.15, 0.2) is 0 Å². The average molecular weight is 430 g/mol. The summed E-state index contributed by atoms with van der Waals surface area (Å²) in [5.41, 5.74) is 5.59. The third-order valence-corrected chi connectivity index (χ3v) is 7.61. The molecule has 0 heterocycles. The summed E-state index contributed by atoms with van der Waals surface area (Å²) in [7, 11) is 0. The first-order valence-electron chi connectivity index (χ1n) is 13.3. The van der Waals surface area contributed by atoms with Gasteiger partial charge in [0.1, 0.15) is 0 Å². The van der Waals surface area contributed by atoms with Gasteiger partial charge in [0.25, 0.3) is 0 Å². The van der Waals surface area contributed by atoms with Crippen molar-refractivity contribution in [3.05, 3.63) is 59.7 Å². The predicted octanol–water partition coefficient (Wildman–Crippen LogP) is 9.47. The zero-order chi connectivity index (χ0) is 22.6. The highest BCUT2D eigenvalue weighted by atomic mass is 14.4. The fraction of sp³-hybridized carbons (Fsp3) is 0.581. The molecule has 2 aromatic carbocycles. The van der Waals surface area contributed by atoms with Crippen LogP contribution in [0.15, 0.2) is 48.5 Å². The molecule has 0 spiro atoms. The Morgan fingerprint density at radius 3 is 1.94 bits per heavy atom. The normalized spacial score (nSPS) is 19.4. The van der Waals surface area contributed by atoms with Crippen LogP contribution in [0.25, 0.3) is 11.1 Å². The maximum absolute atomic E-state index is 9.57. The number of rotatable bonds is 12. The molecule has 0 aromatic heterocycles. The van der Waals surface area contributed by atoms with Crippen LogP contribution in [0.3, 0.4) is 0 Å². The van der Waals surface area contributed by atoms with Crippen molar-refractivity contribution >= 4 is 0 Å². The van der Waals surface area contributed by atoms with Crippen LogP contribution >= 0.6 is 0 Å². The summed E-state index contributed by atoms with van der Waals surface area (Å²) < 4.78 is 0. The molecule has 32 heavy (non-hydrogen) atoms. The van der Waals surface area contributed by atoms with Crippen LogP contribution in [-0.4, -0.2) is 0 Å².